The van der Waals surface area contributed by atoms with Gasteiger partial charge in [0.2, 0.25) is 0 Å². The molecule has 0 radical (unpaired) electrons. The Balaban J connectivity index is 1.98. The van der Waals surface area contributed by atoms with Crippen LogP contribution in [0.1, 0.15) is 10.6 Å². The first-order chi connectivity index (χ1) is 9.38. The molecule has 0 unspecified atom stereocenters. The SMILES string of the molecule is O=Cc1ccc(-c2ccccc2N2CCNCC2)o1. The fourth-order valence-corrected chi connectivity index (χ4v) is 2.42. The number of piperazine rings is 1. The Labute approximate surface area is 112 Å². The number of para-hydroxylation sites is 1. The number of carbonyl (C=O) groups excluding carboxylic acids is 1. The summed E-state index contributed by atoms with van der Waals surface area (Å²) in [7, 11) is 0. The van der Waals surface area contributed by atoms with Gasteiger partial charge in [0.15, 0.2) is 12.0 Å². The molecule has 1 aromatic carbocycles. The third kappa shape index (κ3) is 2.39. The quantitative estimate of drug-likeness (QED) is 0.855. The molecule has 1 aliphatic heterocycles. The highest BCUT2D eigenvalue weighted by atomic mass is 16.3. The van der Waals surface area contributed by atoms with Gasteiger partial charge >= 0.3 is 0 Å². The van der Waals surface area contributed by atoms with Crippen LogP contribution >= 0.6 is 0 Å². The third-order valence-corrected chi connectivity index (χ3v) is 3.37. The van der Waals surface area contributed by atoms with Gasteiger partial charge in [-0.25, -0.2) is 0 Å². The van der Waals surface area contributed by atoms with Crippen molar-refractivity contribution in [1.82, 2.24) is 5.32 Å². The predicted molar refractivity (Wildman–Crippen MR) is 74.6 cm³/mol. The summed E-state index contributed by atoms with van der Waals surface area (Å²) in [6, 6.07) is 11.7. The van der Waals surface area contributed by atoms with Crippen LogP contribution in [0.5, 0.6) is 0 Å². The average molecular weight is 256 g/mol. The van der Waals surface area contributed by atoms with Crippen molar-refractivity contribution >= 4 is 12.0 Å². The van der Waals surface area contributed by atoms with Gasteiger partial charge in [0.25, 0.3) is 0 Å². The van der Waals surface area contributed by atoms with Gasteiger partial charge in [0, 0.05) is 37.4 Å². The second-order valence-corrected chi connectivity index (χ2v) is 4.57. The molecule has 19 heavy (non-hydrogen) atoms. The van der Waals surface area contributed by atoms with Crippen LogP contribution < -0.4 is 10.2 Å². The number of hydrogen-bond acceptors (Lipinski definition) is 4. The Hall–Kier alpha value is -2.07. The standard InChI is InChI=1S/C15H16N2O2/c18-11-12-5-6-15(19-12)13-3-1-2-4-14(13)17-9-7-16-8-10-17/h1-6,11,16H,7-10H2. The van der Waals surface area contributed by atoms with E-state index in [4.69, 9.17) is 4.42 Å². The van der Waals surface area contributed by atoms with Gasteiger partial charge in [-0.3, -0.25) is 4.79 Å². The molecule has 1 aliphatic rings. The molecule has 4 nitrogen and oxygen atoms in total. The van der Waals surface area contributed by atoms with E-state index in [1.807, 2.05) is 24.3 Å². The van der Waals surface area contributed by atoms with E-state index in [2.05, 4.69) is 16.3 Å². The van der Waals surface area contributed by atoms with Crippen LogP contribution in [0.4, 0.5) is 5.69 Å². The van der Waals surface area contributed by atoms with E-state index in [-0.39, 0.29) is 0 Å². The van der Waals surface area contributed by atoms with Gasteiger partial charge in [0.05, 0.1) is 0 Å². The summed E-state index contributed by atoms with van der Waals surface area (Å²) in [5.41, 5.74) is 2.20. The molecule has 3 rings (SSSR count). The maximum atomic E-state index is 10.7. The Morgan fingerprint density at radius 2 is 1.89 bits per heavy atom. The van der Waals surface area contributed by atoms with Crippen LogP contribution in [0.25, 0.3) is 11.3 Å². The van der Waals surface area contributed by atoms with Crippen molar-refractivity contribution in [3.8, 4) is 11.3 Å². The molecule has 0 bridgehead atoms. The minimum atomic E-state index is 0.366. The number of nitrogens with one attached hydrogen (secondary N) is 1. The van der Waals surface area contributed by atoms with Gasteiger partial charge in [-0.05, 0) is 24.3 Å². The van der Waals surface area contributed by atoms with Crippen molar-refractivity contribution in [3.63, 3.8) is 0 Å². The zero-order valence-corrected chi connectivity index (χ0v) is 10.6. The Morgan fingerprint density at radius 3 is 2.63 bits per heavy atom. The number of benzene rings is 1. The lowest BCUT2D eigenvalue weighted by molar-refractivity contribution is 0.110. The summed E-state index contributed by atoms with van der Waals surface area (Å²) >= 11 is 0. The van der Waals surface area contributed by atoms with E-state index in [1.165, 1.54) is 0 Å². The van der Waals surface area contributed by atoms with E-state index in [1.54, 1.807) is 6.07 Å². The first-order valence-corrected chi connectivity index (χ1v) is 6.48. The van der Waals surface area contributed by atoms with Gasteiger partial charge in [-0.15, -0.1) is 0 Å². The highest BCUT2D eigenvalue weighted by Crippen LogP contribution is 2.31. The van der Waals surface area contributed by atoms with Gasteiger partial charge in [-0.2, -0.15) is 0 Å². The lowest BCUT2D eigenvalue weighted by Crippen LogP contribution is -2.43. The van der Waals surface area contributed by atoms with Crippen LogP contribution in [-0.2, 0) is 0 Å². The summed E-state index contributed by atoms with van der Waals surface area (Å²) in [4.78, 5) is 13.1. The van der Waals surface area contributed by atoms with Crippen molar-refractivity contribution in [2.45, 2.75) is 0 Å². The third-order valence-electron chi connectivity index (χ3n) is 3.37. The summed E-state index contributed by atoms with van der Waals surface area (Å²) in [5.74, 6) is 1.11. The smallest absolute Gasteiger partial charge is 0.185 e. The van der Waals surface area contributed by atoms with Crippen molar-refractivity contribution in [1.29, 1.82) is 0 Å². The van der Waals surface area contributed by atoms with Gasteiger partial charge < -0.3 is 14.6 Å². The molecule has 0 spiro atoms. The van der Waals surface area contributed by atoms with Gasteiger partial charge in [0.1, 0.15) is 5.76 Å². The monoisotopic (exact) mass is 256 g/mol. The average Bonchev–Trinajstić information content (AvgIpc) is 2.97. The summed E-state index contributed by atoms with van der Waals surface area (Å²) < 4.78 is 5.54. The van der Waals surface area contributed by atoms with Crippen LogP contribution in [0.3, 0.4) is 0 Å². The maximum Gasteiger partial charge on any atom is 0.185 e. The molecule has 0 aliphatic carbocycles. The lowest BCUT2D eigenvalue weighted by Gasteiger charge is -2.30. The molecule has 4 heteroatoms. The number of aldehydes is 1. The zero-order valence-electron chi connectivity index (χ0n) is 10.6. The van der Waals surface area contributed by atoms with Crippen molar-refractivity contribution in [2.24, 2.45) is 0 Å². The molecule has 2 aromatic rings. The second kappa shape index (κ2) is 5.28. The number of rotatable bonds is 3. The zero-order chi connectivity index (χ0) is 13.1. The van der Waals surface area contributed by atoms with Crippen LogP contribution in [0.15, 0.2) is 40.8 Å². The molecule has 1 fully saturated rings. The van der Waals surface area contributed by atoms with Crippen LogP contribution in [0.2, 0.25) is 0 Å². The van der Waals surface area contributed by atoms with Crippen molar-refractivity contribution in [2.75, 3.05) is 31.1 Å². The first-order valence-electron chi connectivity index (χ1n) is 6.48. The summed E-state index contributed by atoms with van der Waals surface area (Å²) in [6.45, 7) is 3.95. The number of hydrogen-bond donors (Lipinski definition) is 1. The largest absolute Gasteiger partial charge is 0.453 e. The fourth-order valence-electron chi connectivity index (χ4n) is 2.42. The molecule has 98 valence electrons. The predicted octanol–water partition coefficient (Wildman–Crippen LogP) is 2.17. The number of nitrogens with zero attached hydrogens (tertiary/aromatic N) is 1. The molecule has 0 atom stereocenters. The molecular weight excluding hydrogens is 240 g/mol. The number of carbonyl (C=O) groups is 1. The minimum absolute atomic E-state index is 0.366. The van der Waals surface area contributed by atoms with E-state index < -0.39 is 0 Å². The van der Waals surface area contributed by atoms with Gasteiger partial charge in [-0.1, -0.05) is 12.1 Å². The summed E-state index contributed by atoms with van der Waals surface area (Å²) in [5, 5.41) is 3.35. The van der Waals surface area contributed by atoms with E-state index in [0.717, 1.165) is 49.5 Å². The van der Waals surface area contributed by atoms with Crippen molar-refractivity contribution in [3.05, 3.63) is 42.2 Å². The fraction of sp³-hybridized carbons (Fsp3) is 0.267. The summed E-state index contributed by atoms with van der Waals surface area (Å²) in [6.07, 6.45) is 0.733. The molecular formula is C15H16N2O2. The first kappa shape index (κ1) is 12.0. The topological polar surface area (TPSA) is 45.5 Å². The maximum absolute atomic E-state index is 10.7. The Kier molecular flexibility index (Phi) is 3.33. The lowest BCUT2D eigenvalue weighted by atomic mass is 10.1. The molecule has 0 amide bonds. The van der Waals surface area contributed by atoms with Crippen LogP contribution in [-0.4, -0.2) is 32.5 Å². The number of anilines is 1. The Bertz CT molecular complexity index is 571. The molecule has 1 saturated heterocycles. The molecule has 1 N–H and O–H groups in total. The molecule has 1 aromatic heterocycles. The van der Waals surface area contributed by atoms with E-state index >= 15 is 0 Å². The normalized spacial score (nSPS) is 15.5. The Morgan fingerprint density at radius 1 is 1.11 bits per heavy atom. The molecule has 0 saturated carbocycles. The minimum Gasteiger partial charge on any atom is -0.453 e. The van der Waals surface area contributed by atoms with E-state index in [0.29, 0.717) is 5.76 Å². The van der Waals surface area contributed by atoms with E-state index in [9.17, 15) is 4.79 Å². The highest BCUT2D eigenvalue weighted by Gasteiger charge is 2.16. The second-order valence-electron chi connectivity index (χ2n) is 4.57. The van der Waals surface area contributed by atoms with Crippen LogP contribution in [0, 0.1) is 0 Å². The molecule has 2 heterocycles. The highest BCUT2D eigenvalue weighted by molar-refractivity contribution is 5.78. The van der Waals surface area contributed by atoms with Crippen molar-refractivity contribution < 1.29 is 9.21 Å². The number of furan rings is 1.